The number of nitrogens with zero attached hydrogens (tertiary/aromatic N) is 3. The molecule has 1 aromatic heterocycles. The van der Waals surface area contributed by atoms with Gasteiger partial charge in [-0.2, -0.15) is 10.2 Å². The minimum atomic E-state index is -0.384. The number of hydrogen-bond acceptors (Lipinski definition) is 5. The predicted octanol–water partition coefficient (Wildman–Crippen LogP) is 0.00250. The van der Waals surface area contributed by atoms with Crippen molar-refractivity contribution in [1.82, 2.24) is 10.2 Å². The summed E-state index contributed by atoms with van der Waals surface area (Å²) in [7, 11) is 1.32. The number of ether oxygens (including phenoxy) is 1. The third-order valence-electron chi connectivity index (χ3n) is 2.54. The molecule has 2 heterocycles. The molecule has 1 atom stereocenters. The van der Waals surface area contributed by atoms with Gasteiger partial charge in [-0.15, -0.1) is 0 Å². The average molecular weight is 221 g/mol. The summed E-state index contributed by atoms with van der Waals surface area (Å²) in [6.45, 7) is 0.344. The van der Waals surface area contributed by atoms with Crippen LogP contribution in [0.5, 0.6) is 0 Å². The second-order valence-electron chi connectivity index (χ2n) is 3.53. The molecule has 16 heavy (non-hydrogen) atoms. The second-order valence-corrected chi connectivity index (χ2v) is 3.53. The fourth-order valence-electron chi connectivity index (χ4n) is 1.73. The summed E-state index contributed by atoms with van der Waals surface area (Å²) in [6, 6.07) is 1.69. The van der Waals surface area contributed by atoms with E-state index in [1.807, 2.05) is 0 Å². The Balaban J connectivity index is 2.14. The van der Waals surface area contributed by atoms with E-state index in [1.165, 1.54) is 24.4 Å². The van der Waals surface area contributed by atoms with Crippen LogP contribution in [0.3, 0.4) is 0 Å². The quantitative estimate of drug-likeness (QED) is 0.657. The first-order valence-electron chi connectivity index (χ1n) is 4.87. The van der Waals surface area contributed by atoms with Crippen molar-refractivity contribution < 1.29 is 14.3 Å². The molecule has 6 nitrogen and oxygen atoms in total. The number of anilines is 1. The molecule has 1 amide bonds. The molecule has 0 aliphatic carbocycles. The monoisotopic (exact) mass is 221 g/mol. The van der Waals surface area contributed by atoms with Crippen LogP contribution in [0.4, 0.5) is 5.69 Å². The summed E-state index contributed by atoms with van der Waals surface area (Å²) in [5.41, 5.74) is 0.659. The second kappa shape index (κ2) is 4.26. The molecular formula is C10H11N3O3. The Morgan fingerprint density at radius 2 is 2.38 bits per heavy atom. The molecular weight excluding hydrogens is 210 g/mol. The fourth-order valence-corrected chi connectivity index (χ4v) is 1.73. The van der Waals surface area contributed by atoms with Crippen LogP contribution in [-0.2, 0) is 14.3 Å². The Morgan fingerprint density at radius 1 is 1.56 bits per heavy atom. The van der Waals surface area contributed by atoms with Crippen molar-refractivity contribution in [1.29, 1.82) is 0 Å². The van der Waals surface area contributed by atoms with Crippen molar-refractivity contribution in [2.45, 2.75) is 6.42 Å². The van der Waals surface area contributed by atoms with Gasteiger partial charge in [0, 0.05) is 13.0 Å². The maximum absolute atomic E-state index is 11.7. The molecule has 1 aromatic rings. The van der Waals surface area contributed by atoms with Gasteiger partial charge in [-0.05, 0) is 6.07 Å². The average Bonchev–Trinajstić information content (AvgIpc) is 2.71. The Morgan fingerprint density at radius 3 is 3.00 bits per heavy atom. The molecule has 1 fully saturated rings. The van der Waals surface area contributed by atoms with E-state index < -0.39 is 0 Å². The highest BCUT2D eigenvalue weighted by atomic mass is 16.5. The molecule has 0 spiro atoms. The van der Waals surface area contributed by atoms with Crippen molar-refractivity contribution in [2.24, 2.45) is 5.92 Å². The largest absolute Gasteiger partial charge is 0.469 e. The molecule has 84 valence electrons. The Hall–Kier alpha value is -1.98. The zero-order valence-corrected chi connectivity index (χ0v) is 8.79. The van der Waals surface area contributed by atoms with Gasteiger partial charge in [0.05, 0.1) is 31.1 Å². The Labute approximate surface area is 92.2 Å². The van der Waals surface area contributed by atoms with Gasteiger partial charge in [0.2, 0.25) is 5.91 Å². The Kier molecular flexibility index (Phi) is 2.80. The lowest BCUT2D eigenvalue weighted by Gasteiger charge is -2.14. The van der Waals surface area contributed by atoms with Crippen LogP contribution in [0, 0.1) is 5.92 Å². The lowest BCUT2D eigenvalue weighted by atomic mass is 10.1. The zero-order valence-electron chi connectivity index (χ0n) is 8.79. The van der Waals surface area contributed by atoms with E-state index in [9.17, 15) is 9.59 Å². The van der Waals surface area contributed by atoms with Crippen molar-refractivity contribution in [3.05, 3.63) is 18.5 Å². The van der Waals surface area contributed by atoms with Crippen molar-refractivity contribution in [3.8, 4) is 0 Å². The standard InChI is InChI=1S/C10H11N3O3/c1-16-10(15)7-4-9(14)13(6-7)8-2-3-11-12-5-8/h2-3,5,7H,4,6H2,1H3. The van der Waals surface area contributed by atoms with Gasteiger partial charge in [0.15, 0.2) is 0 Å². The van der Waals surface area contributed by atoms with E-state index in [1.54, 1.807) is 6.07 Å². The summed E-state index contributed by atoms with van der Waals surface area (Å²) >= 11 is 0. The van der Waals surface area contributed by atoms with E-state index in [4.69, 9.17) is 0 Å². The molecule has 1 saturated heterocycles. The van der Waals surface area contributed by atoms with Crippen LogP contribution in [0.2, 0.25) is 0 Å². The van der Waals surface area contributed by atoms with Gasteiger partial charge in [0.25, 0.3) is 0 Å². The highest BCUT2D eigenvalue weighted by molar-refractivity contribution is 5.99. The number of rotatable bonds is 2. The van der Waals surface area contributed by atoms with E-state index in [-0.39, 0.29) is 24.2 Å². The summed E-state index contributed by atoms with van der Waals surface area (Å²) in [4.78, 5) is 24.5. The van der Waals surface area contributed by atoms with Gasteiger partial charge in [0.1, 0.15) is 0 Å². The van der Waals surface area contributed by atoms with E-state index >= 15 is 0 Å². The van der Waals surface area contributed by atoms with Crippen LogP contribution in [0.15, 0.2) is 18.5 Å². The normalized spacial score (nSPS) is 19.9. The Bertz CT molecular complexity index is 407. The predicted molar refractivity (Wildman–Crippen MR) is 54.5 cm³/mol. The van der Waals surface area contributed by atoms with Gasteiger partial charge in [-0.25, -0.2) is 0 Å². The molecule has 0 radical (unpaired) electrons. The highest BCUT2D eigenvalue weighted by Crippen LogP contribution is 2.24. The number of carbonyl (C=O) groups excluding carboxylic acids is 2. The zero-order chi connectivity index (χ0) is 11.5. The molecule has 1 aliphatic heterocycles. The number of carbonyl (C=O) groups is 2. The number of methoxy groups -OCH3 is 1. The first-order chi connectivity index (χ1) is 7.72. The number of hydrogen-bond donors (Lipinski definition) is 0. The molecule has 1 aliphatic rings. The molecule has 0 aromatic carbocycles. The highest BCUT2D eigenvalue weighted by Gasteiger charge is 2.35. The summed E-state index contributed by atoms with van der Waals surface area (Å²) in [6.07, 6.45) is 3.20. The summed E-state index contributed by atoms with van der Waals surface area (Å²) in [5.74, 6) is -0.827. The number of amides is 1. The van der Waals surface area contributed by atoms with Gasteiger partial charge in [-0.1, -0.05) is 0 Å². The summed E-state index contributed by atoms with van der Waals surface area (Å²) < 4.78 is 4.62. The first kappa shape index (κ1) is 10.5. The van der Waals surface area contributed by atoms with Crippen LogP contribution < -0.4 is 4.90 Å². The molecule has 0 saturated carbocycles. The van der Waals surface area contributed by atoms with Gasteiger partial charge >= 0.3 is 5.97 Å². The van der Waals surface area contributed by atoms with E-state index in [2.05, 4.69) is 14.9 Å². The smallest absolute Gasteiger partial charge is 0.311 e. The molecule has 0 bridgehead atoms. The topological polar surface area (TPSA) is 72.4 Å². The van der Waals surface area contributed by atoms with Crippen molar-refractivity contribution in [2.75, 3.05) is 18.6 Å². The first-order valence-corrected chi connectivity index (χ1v) is 4.87. The van der Waals surface area contributed by atoms with E-state index in [0.717, 1.165) is 0 Å². The fraction of sp³-hybridized carbons (Fsp3) is 0.400. The van der Waals surface area contributed by atoms with Gasteiger partial charge in [-0.3, -0.25) is 9.59 Å². The lowest BCUT2D eigenvalue weighted by molar-refractivity contribution is -0.145. The lowest BCUT2D eigenvalue weighted by Crippen LogP contribution is -2.26. The number of aromatic nitrogens is 2. The van der Waals surface area contributed by atoms with Gasteiger partial charge < -0.3 is 9.64 Å². The van der Waals surface area contributed by atoms with E-state index in [0.29, 0.717) is 12.2 Å². The minimum absolute atomic E-state index is 0.0941. The van der Waals surface area contributed by atoms with Crippen LogP contribution >= 0.6 is 0 Å². The number of esters is 1. The SMILES string of the molecule is COC(=O)C1CC(=O)N(c2ccnnc2)C1. The molecule has 1 unspecified atom stereocenters. The molecule has 0 N–H and O–H groups in total. The maximum atomic E-state index is 11.7. The third-order valence-corrected chi connectivity index (χ3v) is 2.54. The molecule has 2 rings (SSSR count). The third kappa shape index (κ3) is 1.86. The minimum Gasteiger partial charge on any atom is -0.469 e. The summed E-state index contributed by atoms with van der Waals surface area (Å²) in [5, 5.41) is 7.33. The van der Waals surface area contributed by atoms with Crippen LogP contribution in [0.25, 0.3) is 0 Å². The van der Waals surface area contributed by atoms with Crippen LogP contribution in [0.1, 0.15) is 6.42 Å². The molecule has 6 heteroatoms. The van der Waals surface area contributed by atoms with Crippen molar-refractivity contribution >= 4 is 17.6 Å². The van der Waals surface area contributed by atoms with Crippen LogP contribution in [-0.4, -0.2) is 35.7 Å². The van der Waals surface area contributed by atoms with Crippen molar-refractivity contribution in [3.63, 3.8) is 0 Å². The maximum Gasteiger partial charge on any atom is 0.311 e.